The molecular formula is C21H26O4. The van der Waals surface area contributed by atoms with Gasteiger partial charge in [-0.15, -0.1) is 13.2 Å². The number of hydrogen-bond acceptors (Lipinski definition) is 4. The third-order valence-corrected chi connectivity index (χ3v) is 5.51. The van der Waals surface area contributed by atoms with E-state index in [4.69, 9.17) is 9.47 Å². The van der Waals surface area contributed by atoms with Crippen molar-refractivity contribution in [3.8, 4) is 0 Å². The Bertz CT molecular complexity index is 603. The van der Waals surface area contributed by atoms with Gasteiger partial charge in [-0.05, 0) is 36.7 Å². The minimum absolute atomic E-state index is 0.134. The summed E-state index contributed by atoms with van der Waals surface area (Å²) in [6.45, 7) is 8.01. The summed E-state index contributed by atoms with van der Waals surface area (Å²) >= 11 is 0. The predicted octanol–water partition coefficient (Wildman–Crippen LogP) is 3.67. The van der Waals surface area contributed by atoms with Crippen LogP contribution in [0.15, 0.2) is 55.6 Å². The smallest absolute Gasteiger partial charge is 0.320 e. The van der Waals surface area contributed by atoms with Crippen LogP contribution in [0.5, 0.6) is 0 Å². The van der Waals surface area contributed by atoms with Gasteiger partial charge in [-0.3, -0.25) is 9.59 Å². The lowest BCUT2D eigenvalue weighted by Crippen LogP contribution is -2.42. The molecule has 3 atom stereocenters. The van der Waals surface area contributed by atoms with Crippen LogP contribution in [0.4, 0.5) is 0 Å². The molecule has 1 saturated carbocycles. The molecule has 1 aromatic rings. The molecule has 1 aliphatic carbocycles. The van der Waals surface area contributed by atoms with E-state index in [1.165, 1.54) is 14.2 Å². The third kappa shape index (κ3) is 3.39. The van der Waals surface area contributed by atoms with Gasteiger partial charge in [0.15, 0.2) is 5.92 Å². The molecule has 4 nitrogen and oxygen atoms in total. The van der Waals surface area contributed by atoms with E-state index in [9.17, 15) is 9.59 Å². The lowest BCUT2D eigenvalue weighted by molar-refractivity contribution is -0.160. The van der Waals surface area contributed by atoms with Crippen LogP contribution in [-0.4, -0.2) is 26.2 Å². The van der Waals surface area contributed by atoms with Crippen molar-refractivity contribution in [3.05, 3.63) is 61.2 Å². The number of esters is 2. The molecule has 4 heteroatoms. The number of carbonyl (C=O) groups excluding carboxylic acids is 2. The SMILES string of the molecule is C=C[C@@H]1CC[C@H](C=C)C1(CC(C(=O)OC)C(=O)OC)c1ccccc1. The number of allylic oxidation sites excluding steroid dienone is 2. The Balaban J connectivity index is 2.58. The molecule has 0 bridgehead atoms. The highest BCUT2D eigenvalue weighted by Crippen LogP contribution is 2.54. The van der Waals surface area contributed by atoms with E-state index in [2.05, 4.69) is 13.2 Å². The summed E-state index contributed by atoms with van der Waals surface area (Å²) in [6.07, 6.45) is 6.04. The van der Waals surface area contributed by atoms with E-state index in [-0.39, 0.29) is 11.8 Å². The van der Waals surface area contributed by atoms with Crippen LogP contribution in [0.2, 0.25) is 0 Å². The highest BCUT2D eigenvalue weighted by molar-refractivity contribution is 5.95. The minimum Gasteiger partial charge on any atom is -0.468 e. The fourth-order valence-electron chi connectivity index (χ4n) is 4.29. The molecule has 0 N–H and O–H groups in total. The van der Waals surface area contributed by atoms with Crippen LogP contribution in [0.25, 0.3) is 0 Å². The van der Waals surface area contributed by atoms with Crippen molar-refractivity contribution >= 4 is 11.9 Å². The normalized spacial score (nSPS) is 25.4. The highest BCUT2D eigenvalue weighted by atomic mass is 16.5. The number of methoxy groups -OCH3 is 2. The zero-order valence-corrected chi connectivity index (χ0v) is 14.9. The van der Waals surface area contributed by atoms with Gasteiger partial charge in [-0.25, -0.2) is 0 Å². The minimum atomic E-state index is -0.974. The van der Waals surface area contributed by atoms with Crippen molar-refractivity contribution < 1.29 is 19.1 Å². The average Bonchev–Trinajstić information content (AvgIpc) is 3.03. The summed E-state index contributed by atoms with van der Waals surface area (Å²) in [7, 11) is 2.58. The van der Waals surface area contributed by atoms with E-state index in [1.54, 1.807) is 0 Å². The maximum atomic E-state index is 12.3. The van der Waals surface area contributed by atoms with Crippen molar-refractivity contribution in [1.29, 1.82) is 0 Å². The monoisotopic (exact) mass is 342 g/mol. The molecule has 25 heavy (non-hydrogen) atoms. The van der Waals surface area contributed by atoms with Crippen molar-refractivity contribution in [2.24, 2.45) is 17.8 Å². The molecule has 134 valence electrons. The Kier molecular flexibility index (Phi) is 6.18. The lowest BCUT2D eigenvalue weighted by Gasteiger charge is -2.40. The van der Waals surface area contributed by atoms with Gasteiger partial charge in [0.05, 0.1) is 14.2 Å². The van der Waals surface area contributed by atoms with Crippen LogP contribution in [0.3, 0.4) is 0 Å². The van der Waals surface area contributed by atoms with Crippen molar-refractivity contribution in [3.63, 3.8) is 0 Å². The molecule has 1 fully saturated rings. The molecule has 0 radical (unpaired) electrons. The lowest BCUT2D eigenvalue weighted by atomic mass is 9.62. The summed E-state index contributed by atoms with van der Waals surface area (Å²) < 4.78 is 9.75. The first-order valence-electron chi connectivity index (χ1n) is 8.51. The molecule has 0 heterocycles. The van der Waals surface area contributed by atoms with E-state index < -0.39 is 23.3 Å². The number of ether oxygens (including phenoxy) is 2. The first-order valence-corrected chi connectivity index (χ1v) is 8.51. The van der Waals surface area contributed by atoms with Gasteiger partial charge in [0.1, 0.15) is 0 Å². The van der Waals surface area contributed by atoms with Crippen LogP contribution in [0, 0.1) is 17.8 Å². The third-order valence-electron chi connectivity index (χ3n) is 5.51. The van der Waals surface area contributed by atoms with Crippen molar-refractivity contribution in [2.75, 3.05) is 14.2 Å². The summed E-state index contributed by atoms with van der Waals surface area (Å²) in [5, 5.41) is 0. The standard InChI is InChI=1S/C21H26O4/c1-5-15-12-13-16(6-2)21(15,17-10-8-7-9-11-17)14-18(19(22)24-3)20(23)25-4/h5-11,15-16,18H,1-2,12-14H2,3-4H3/t15-,16+,21?. The fraction of sp³-hybridized carbons (Fsp3) is 0.429. The van der Waals surface area contributed by atoms with Gasteiger partial charge in [0, 0.05) is 5.41 Å². The number of benzene rings is 1. The number of carbonyl (C=O) groups is 2. The van der Waals surface area contributed by atoms with E-state index in [1.807, 2.05) is 42.5 Å². The molecule has 0 aromatic heterocycles. The Morgan fingerprint density at radius 2 is 1.56 bits per heavy atom. The summed E-state index contributed by atoms with van der Waals surface area (Å²) in [4.78, 5) is 24.6. The van der Waals surface area contributed by atoms with Gasteiger partial charge in [-0.2, -0.15) is 0 Å². The quantitative estimate of drug-likeness (QED) is 0.431. The topological polar surface area (TPSA) is 52.6 Å². The van der Waals surface area contributed by atoms with Crippen molar-refractivity contribution in [1.82, 2.24) is 0 Å². The van der Waals surface area contributed by atoms with Gasteiger partial charge in [-0.1, -0.05) is 42.5 Å². The van der Waals surface area contributed by atoms with E-state index in [0.717, 1.165) is 18.4 Å². The molecule has 2 rings (SSSR count). The van der Waals surface area contributed by atoms with Crippen LogP contribution >= 0.6 is 0 Å². The second-order valence-corrected chi connectivity index (χ2v) is 6.47. The Labute approximate surface area is 149 Å². The fourth-order valence-corrected chi connectivity index (χ4v) is 4.29. The van der Waals surface area contributed by atoms with Crippen molar-refractivity contribution in [2.45, 2.75) is 24.7 Å². The van der Waals surface area contributed by atoms with Gasteiger partial charge in [0.25, 0.3) is 0 Å². The van der Waals surface area contributed by atoms with Crippen LogP contribution in [0.1, 0.15) is 24.8 Å². The Hall–Kier alpha value is -2.36. The number of rotatable bonds is 7. The summed E-state index contributed by atoms with van der Waals surface area (Å²) in [6, 6.07) is 9.99. The zero-order valence-electron chi connectivity index (χ0n) is 14.9. The van der Waals surface area contributed by atoms with Crippen LogP contribution in [-0.2, 0) is 24.5 Å². The van der Waals surface area contributed by atoms with Gasteiger partial charge < -0.3 is 9.47 Å². The van der Waals surface area contributed by atoms with E-state index in [0.29, 0.717) is 6.42 Å². The second-order valence-electron chi connectivity index (χ2n) is 6.47. The molecule has 1 aliphatic rings. The summed E-state index contributed by atoms with van der Waals surface area (Å²) in [5.74, 6) is -1.85. The zero-order chi connectivity index (χ0) is 18.4. The number of hydrogen-bond donors (Lipinski definition) is 0. The Morgan fingerprint density at radius 1 is 1.08 bits per heavy atom. The van der Waals surface area contributed by atoms with Gasteiger partial charge >= 0.3 is 11.9 Å². The predicted molar refractivity (Wildman–Crippen MR) is 96.9 cm³/mol. The molecule has 1 unspecified atom stereocenters. The maximum absolute atomic E-state index is 12.3. The van der Waals surface area contributed by atoms with Gasteiger partial charge in [0.2, 0.25) is 0 Å². The van der Waals surface area contributed by atoms with Crippen LogP contribution < -0.4 is 0 Å². The molecule has 1 aromatic carbocycles. The molecule has 0 spiro atoms. The first-order chi connectivity index (χ1) is 12.0. The summed E-state index contributed by atoms with van der Waals surface area (Å²) in [5.41, 5.74) is 0.651. The molecule has 0 aliphatic heterocycles. The maximum Gasteiger partial charge on any atom is 0.320 e. The molecule has 0 amide bonds. The van der Waals surface area contributed by atoms with E-state index >= 15 is 0 Å². The largest absolute Gasteiger partial charge is 0.468 e. The average molecular weight is 342 g/mol. The Morgan fingerprint density at radius 3 is 1.96 bits per heavy atom. The highest BCUT2D eigenvalue weighted by Gasteiger charge is 2.52. The molecular weight excluding hydrogens is 316 g/mol. The first kappa shape index (κ1) is 19.0. The molecule has 0 saturated heterocycles. The second kappa shape index (κ2) is 8.15.